The standard InChI is InChI=1S/C15H20ClNOS/c1-15(2)6-3-8-17(9-7-15)14(18)12-10-11(19)4-5-13(12)16/h4-5,10,19H,3,6-9H2,1-2H3. The highest BCUT2D eigenvalue weighted by Crippen LogP contribution is 2.31. The quantitative estimate of drug-likeness (QED) is 0.767. The van der Waals surface area contributed by atoms with Gasteiger partial charge in [-0.1, -0.05) is 25.4 Å². The zero-order chi connectivity index (χ0) is 14.0. The average Bonchev–Trinajstić information content (AvgIpc) is 2.52. The molecule has 0 radical (unpaired) electrons. The Bertz CT molecular complexity index is 487. The van der Waals surface area contributed by atoms with Gasteiger partial charge in [0.2, 0.25) is 0 Å². The molecular weight excluding hydrogens is 278 g/mol. The SMILES string of the molecule is CC1(C)CCCN(C(=O)c2cc(S)ccc2Cl)CC1. The second kappa shape index (κ2) is 5.76. The molecule has 0 N–H and O–H groups in total. The van der Waals surface area contributed by atoms with Gasteiger partial charge in [-0.15, -0.1) is 12.6 Å². The van der Waals surface area contributed by atoms with Crippen LogP contribution in [0.2, 0.25) is 5.02 Å². The van der Waals surface area contributed by atoms with Gasteiger partial charge in [-0.3, -0.25) is 4.79 Å². The molecule has 0 spiro atoms. The van der Waals surface area contributed by atoms with E-state index in [9.17, 15) is 4.79 Å². The molecule has 1 fully saturated rings. The maximum absolute atomic E-state index is 12.5. The van der Waals surface area contributed by atoms with Crippen LogP contribution in [-0.4, -0.2) is 23.9 Å². The summed E-state index contributed by atoms with van der Waals surface area (Å²) in [6, 6.07) is 5.29. The van der Waals surface area contributed by atoms with Gasteiger partial charge in [0.05, 0.1) is 10.6 Å². The number of benzene rings is 1. The Kier molecular flexibility index (Phi) is 4.46. The van der Waals surface area contributed by atoms with Crippen LogP contribution in [0.3, 0.4) is 0 Å². The number of amides is 1. The van der Waals surface area contributed by atoms with Gasteiger partial charge in [-0.05, 0) is 42.9 Å². The molecule has 0 aromatic heterocycles. The first-order valence-corrected chi connectivity index (χ1v) is 7.49. The summed E-state index contributed by atoms with van der Waals surface area (Å²) in [4.78, 5) is 15.2. The van der Waals surface area contributed by atoms with E-state index < -0.39 is 0 Å². The Morgan fingerprint density at radius 2 is 2.05 bits per heavy atom. The Balaban J connectivity index is 2.17. The summed E-state index contributed by atoms with van der Waals surface area (Å²) in [6.07, 6.45) is 3.25. The molecular formula is C15H20ClNOS. The van der Waals surface area contributed by atoms with Crippen molar-refractivity contribution >= 4 is 30.1 Å². The molecule has 2 rings (SSSR count). The molecule has 1 amide bonds. The molecule has 1 heterocycles. The summed E-state index contributed by atoms with van der Waals surface area (Å²) in [5, 5.41) is 0.506. The number of hydrogen-bond donors (Lipinski definition) is 1. The fraction of sp³-hybridized carbons (Fsp3) is 0.533. The monoisotopic (exact) mass is 297 g/mol. The molecule has 2 nitrogen and oxygen atoms in total. The van der Waals surface area contributed by atoms with E-state index in [1.165, 1.54) is 0 Å². The van der Waals surface area contributed by atoms with E-state index in [-0.39, 0.29) is 5.91 Å². The number of nitrogens with zero attached hydrogens (tertiary/aromatic N) is 1. The van der Waals surface area contributed by atoms with Crippen LogP contribution in [-0.2, 0) is 0 Å². The van der Waals surface area contributed by atoms with Gasteiger partial charge < -0.3 is 4.90 Å². The molecule has 1 saturated heterocycles. The zero-order valence-electron chi connectivity index (χ0n) is 11.4. The normalized spacial score (nSPS) is 19.1. The molecule has 0 unspecified atom stereocenters. The third kappa shape index (κ3) is 3.67. The summed E-state index contributed by atoms with van der Waals surface area (Å²) in [5.74, 6) is 0.0265. The second-order valence-electron chi connectivity index (χ2n) is 5.97. The molecule has 0 atom stereocenters. The van der Waals surface area contributed by atoms with Crippen molar-refractivity contribution in [2.75, 3.05) is 13.1 Å². The lowest BCUT2D eigenvalue weighted by Crippen LogP contribution is -2.32. The van der Waals surface area contributed by atoms with Crippen molar-refractivity contribution in [3.63, 3.8) is 0 Å². The molecule has 0 bridgehead atoms. The van der Waals surface area contributed by atoms with Gasteiger partial charge in [-0.2, -0.15) is 0 Å². The average molecular weight is 298 g/mol. The first-order chi connectivity index (χ1) is 8.89. The summed E-state index contributed by atoms with van der Waals surface area (Å²) in [6.45, 7) is 6.15. The molecule has 1 aliphatic heterocycles. The number of carbonyl (C=O) groups is 1. The highest BCUT2D eigenvalue weighted by atomic mass is 35.5. The van der Waals surface area contributed by atoms with Gasteiger partial charge in [0.1, 0.15) is 0 Å². The summed E-state index contributed by atoms with van der Waals surface area (Å²) in [5.41, 5.74) is 0.887. The van der Waals surface area contributed by atoms with Gasteiger partial charge in [-0.25, -0.2) is 0 Å². The summed E-state index contributed by atoms with van der Waals surface area (Å²) < 4.78 is 0. The number of hydrogen-bond acceptors (Lipinski definition) is 2. The molecule has 0 saturated carbocycles. The number of thiol groups is 1. The maximum Gasteiger partial charge on any atom is 0.255 e. The van der Waals surface area contributed by atoms with E-state index in [1.807, 2.05) is 4.90 Å². The van der Waals surface area contributed by atoms with Crippen LogP contribution in [0.4, 0.5) is 0 Å². The van der Waals surface area contributed by atoms with Crippen LogP contribution >= 0.6 is 24.2 Å². The third-order valence-electron chi connectivity index (χ3n) is 3.81. The van der Waals surface area contributed by atoms with Crippen LogP contribution < -0.4 is 0 Å². The minimum absolute atomic E-state index is 0.0265. The van der Waals surface area contributed by atoms with Gasteiger partial charge in [0, 0.05) is 18.0 Å². The number of halogens is 1. The smallest absolute Gasteiger partial charge is 0.255 e. The van der Waals surface area contributed by atoms with E-state index in [2.05, 4.69) is 26.5 Å². The highest BCUT2D eigenvalue weighted by molar-refractivity contribution is 7.80. The van der Waals surface area contributed by atoms with E-state index in [4.69, 9.17) is 11.6 Å². The molecule has 0 aliphatic carbocycles. The van der Waals surface area contributed by atoms with E-state index in [0.29, 0.717) is 16.0 Å². The van der Waals surface area contributed by atoms with Crippen LogP contribution in [0.5, 0.6) is 0 Å². The van der Waals surface area contributed by atoms with Crippen LogP contribution in [0, 0.1) is 5.41 Å². The van der Waals surface area contributed by atoms with E-state index in [1.54, 1.807) is 18.2 Å². The first-order valence-electron chi connectivity index (χ1n) is 6.67. The number of likely N-dealkylation sites (tertiary alicyclic amines) is 1. The second-order valence-corrected chi connectivity index (χ2v) is 6.90. The van der Waals surface area contributed by atoms with Crippen molar-refractivity contribution in [1.82, 2.24) is 4.90 Å². The van der Waals surface area contributed by atoms with Crippen molar-refractivity contribution in [2.24, 2.45) is 5.41 Å². The number of carbonyl (C=O) groups excluding carboxylic acids is 1. The van der Waals surface area contributed by atoms with Crippen LogP contribution in [0.15, 0.2) is 23.1 Å². The molecule has 1 aliphatic rings. The molecule has 104 valence electrons. The number of rotatable bonds is 1. The molecule has 4 heteroatoms. The predicted molar refractivity (Wildman–Crippen MR) is 82.2 cm³/mol. The van der Waals surface area contributed by atoms with Crippen LogP contribution in [0.25, 0.3) is 0 Å². The Morgan fingerprint density at radius 3 is 2.79 bits per heavy atom. The Morgan fingerprint density at radius 1 is 1.32 bits per heavy atom. The van der Waals surface area contributed by atoms with Crippen molar-refractivity contribution < 1.29 is 4.79 Å². The highest BCUT2D eigenvalue weighted by Gasteiger charge is 2.26. The van der Waals surface area contributed by atoms with E-state index in [0.717, 1.165) is 37.2 Å². The summed E-state index contributed by atoms with van der Waals surface area (Å²) in [7, 11) is 0. The minimum atomic E-state index is 0.0265. The lowest BCUT2D eigenvalue weighted by Gasteiger charge is -2.23. The topological polar surface area (TPSA) is 20.3 Å². The lowest BCUT2D eigenvalue weighted by atomic mass is 9.85. The van der Waals surface area contributed by atoms with Gasteiger partial charge in [0.15, 0.2) is 0 Å². The molecule has 1 aromatic rings. The largest absolute Gasteiger partial charge is 0.339 e. The Hall–Kier alpha value is -0.670. The fourth-order valence-corrected chi connectivity index (χ4v) is 2.88. The third-order valence-corrected chi connectivity index (χ3v) is 4.42. The molecule has 19 heavy (non-hydrogen) atoms. The molecule has 1 aromatic carbocycles. The minimum Gasteiger partial charge on any atom is -0.339 e. The van der Waals surface area contributed by atoms with Gasteiger partial charge >= 0.3 is 0 Å². The zero-order valence-corrected chi connectivity index (χ0v) is 13.1. The van der Waals surface area contributed by atoms with Crippen molar-refractivity contribution in [2.45, 2.75) is 38.0 Å². The first kappa shape index (κ1) is 14.7. The van der Waals surface area contributed by atoms with E-state index >= 15 is 0 Å². The lowest BCUT2D eigenvalue weighted by molar-refractivity contribution is 0.0757. The van der Waals surface area contributed by atoms with Crippen molar-refractivity contribution in [1.29, 1.82) is 0 Å². The summed E-state index contributed by atoms with van der Waals surface area (Å²) >= 11 is 10.4. The Labute approximate surface area is 125 Å². The fourth-order valence-electron chi connectivity index (χ4n) is 2.47. The van der Waals surface area contributed by atoms with Gasteiger partial charge in [0.25, 0.3) is 5.91 Å². The van der Waals surface area contributed by atoms with Crippen molar-refractivity contribution in [3.05, 3.63) is 28.8 Å². The van der Waals surface area contributed by atoms with Crippen LogP contribution in [0.1, 0.15) is 43.5 Å². The predicted octanol–water partition coefficient (Wildman–Crippen LogP) is 4.28. The maximum atomic E-state index is 12.5. The van der Waals surface area contributed by atoms with Crippen molar-refractivity contribution in [3.8, 4) is 0 Å².